The first kappa shape index (κ1) is 13.4. The smallest absolute Gasteiger partial charge is 0.422 e. The second-order valence-corrected chi connectivity index (χ2v) is 5.76. The Bertz CT molecular complexity index is 449. The molecule has 2 heterocycles. The predicted octanol–water partition coefficient (Wildman–Crippen LogP) is 1.51. The quantitative estimate of drug-likeness (QED) is 0.878. The molecule has 2 saturated heterocycles. The van der Waals surface area contributed by atoms with Gasteiger partial charge in [-0.2, -0.15) is 0 Å². The molecule has 5 nitrogen and oxygen atoms in total. The van der Waals surface area contributed by atoms with Crippen LogP contribution in [0.5, 0.6) is 0 Å². The van der Waals surface area contributed by atoms with Crippen LogP contribution in [0.3, 0.4) is 0 Å². The fraction of sp³-hybridized carbons (Fsp3) is 0.533. The lowest BCUT2D eigenvalue weighted by Crippen LogP contribution is -2.60. The summed E-state index contributed by atoms with van der Waals surface area (Å²) < 4.78 is 5.22. The van der Waals surface area contributed by atoms with E-state index >= 15 is 0 Å². The first-order valence-corrected chi connectivity index (χ1v) is 7.19. The average molecular weight is 275 g/mol. The third-order valence-electron chi connectivity index (χ3n) is 4.29. The molecule has 1 aromatic carbocycles. The maximum absolute atomic E-state index is 11.7. The van der Waals surface area contributed by atoms with Crippen LogP contribution in [-0.4, -0.2) is 37.3 Å². The van der Waals surface area contributed by atoms with Crippen molar-refractivity contribution < 1.29 is 9.53 Å². The molecule has 2 aliphatic heterocycles. The van der Waals surface area contributed by atoms with Gasteiger partial charge in [-0.25, -0.2) is 9.80 Å². The highest BCUT2D eigenvalue weighted by Gasteiger charge is 2.39. The van der Waals surface area contributed by atoms with Gasteiger partial charge in [0.2, 0.25) is 0 Å². The Balaban J connectivity index is 1.39. The molecule has 1 amide bonds. The van der Waals surface area contributed by atoms with E-state index in [2.05, 4.69) is 10.7 Å². The first-order valence-electron chi connectivity index (χ1n) is 7.19. The molecule has 0 unspecified atom stereocenters. The molecule has 1 aromatic rings. The molecule has 0 aliphatic carbocycles. The number of hydrazine groups is 1. The number of carbonyl (C=O) groups excluding carboxylic acids is 1. The van der Waals surface area contributed by atoms with E-state index < -0.39 is 0 Å². The minimum Gasteiger partial charge on any atom is -0.444 e. The Morgan fingerprint density at radius 2 is 1.95 bits per heavy atom. The number of carbonyl (C=O) groups is 1. The molecule has 3 rings (SSSR count). The monoisotopic (exact) mass is 275 g/mol. The summed E-state index contributed by atoms with van der Waals surface area (Å²) in [6.45, 7) is 4.37. The molecule has 20 heavy (non-hydrogen) atoms. The van der Waals surface area contributed by atoms with E-state index in [0.717, 1.165) is 44.6 Å². The van der Waals surface area contributed by atoms with Gasteiger partial charge in [-0.05, 0) is 23.8 Å². The van der Waals surface area contributed by atoms with Crippen molar-refractivity contribution in [2.24, 2.45) is 5.41 Å². The minimum atomic E-state index is -0.364. The molecule has 0 aromatic heterocycles. The minimum absolute atomic E-state index is 0.314. The molecule has 1 spiro atoms. The van der Waals surface area contributed by atoms with E-state index in [4.69, 9.17) is 4.74 Å². The van der Waals surface area contributed by atoms with Gasteiger partial charge in [-0.15, -0.1) is 0 Å². The van der Waals surface area contributed by atoms with Crippen molar-refractivity contribution in [3.63, 3.8) is 0 Å². The number of rotatable bonds is 3. The average Bonchev–Trinajstić information content (AvgIpc) is 2.45. The van der Waals surface area contributed by atoms with Crippen LogP contribution in [-0.2, 0) is 11.3 Å². The lowest BCUT2D eigenvalue weighted by atomic mass is 9.74. The molecule has 0 atom stereocenters. The molecule has 0 radical (unpaired) electrons. The highest BCUT2D eigenvalue weighted by molar-refractivity contribution is 5.66. The van der Waals surface area contributed by atoms with Crippen molar-refractivity contribution in [3.8, 4) is 0 Å². The number of amides is 1. The molecule has 2 fully saturated rings. The van der Waals surface area contributed by atoms with Crippen LogP contribution in [0.15, 0.2) is 30.3 Å². The fourth-order valence-electron chi connectivity index (χ4n) is 2.81. The number of piperidine rings is 1. The Kier molecular flexibility index (Phi) is 3.89. The van der Waals surface area contributed by atoms with Gasteiger partial charge < -0.3 is 10.1 Å². The van der Waals surface area contributed by atoms with E-state index in [1.807, 2.05) is 35.3 Å². The third-order valence-corrected chi connectivity index (χ3v) is 4.29. The fourth-order valence-corrected chi connectivity index (χ4v) is 2.81. The Labute approximate surface area is 119 Å². The van der Waals surface area contributed by atoms with Crippen LogP contribution in [0.1, 0.15) is 18.4 Å². The SMILES string of the molecule is O=C(NN1CCC2(CC1)CNC2)OCc1ccccc1. The Hall–Kier alpha value is -1.59. The maximum Gasteiger partial charge on any atom is 0.422 e. The predicted molar refractivity (Wildman–Crippen MR) is 75.9 cm³/mol. The van der Waals surface area contributed by atoms with Crippen LogP contribution < -0.4 is 10.7 Å². The standard InChI is InChI=1S/C15H21N3O2/c19-14(20-10-13-4-2-1-3-5-13)17-18-8-6-15(7-9-18)11-16-12-15/h1-5,16H,6-12H2,(H,17,19). The van der Waals surface area contributed by atoms with E-state index in [-0.39, 0.29) is 6.09 Å². The third kappa shape index (κ3) is 3.11. The molecule has 108 valence electrons. The lowest BCUT2D eigenvalue weighted by molar-refractivity contribution is 0.0249. The van der Waals surface area contributed by atoms with E-state index in [1.54, 1.807) is 0 Å². The van der Waals surface area contributed by atoms with Crippen LogP contribution >= 0.6 is 0 Å². The van der Waals surface area contributed by atoms with E-state index in [1.165, 1.54) is 0 Å². The van der Waals surface area contributed by atoms with Gasteiger partial charge in [0.15, 0.2) is 0 Å². The van der Waals surface area contributed by atoms with Crippen molar-refractivity contribution in [3.05, 3.63) is 35.9 Å². The number of hydrogen-bond donors (Lipinski definition) is 2. The molecule has 2 aliphatic rings. The molecule has 5 heteroatoms. The van der Waals surface area contributed by atoms with Crippen LogP contribution in [0.25, 0.3) is 0 Å². The van der Waals surface area contributed by atoms with E-state index in [0.29, 0.717) is 12.0 Å². The van der Waals surface area contributed by atoms with Crippen molar-refractivity contribution in [1.82, 2.24) is 15.8 Å². The highest BCUT2D eigenvalue weighted by Crippen LogP contribution is 2.34. The summed E-state index contributed by atoms with van der Waals surface area (Å²) in [5.41, 5.74) is 4.32. The van der Waals surface area contributed by atoms with Crippen molar-refractivity contribution in [2.75, 3.05) is 26.2 Å². The zero-order valence-electron chi connectivity index (χ0n) is 11.6. The first-order chi connectivity index (χ1) is 9.76. The summed E-state index contributed by atoms with van der Waals surface area (Å²) in [7, 11) is 0. The van der Waals surface area contributed by atoms with Crippen molar-refractivity contribution in [1.29, 1.82) is 0 Å². The number of nitrogens with zero attached hydrogens (tertiary/aromatic N) is 1. The summed E-state index contributed by atoms with van der Waals surface area (Å²) in [6.07, 6.45) is 1.91. The normalized spacial score (nSPS) is 21.2. The lowest BCUT2D eigenvalue weighted by Gasteiger charge is -2.48. The Morgan fingerprint density at radius 1 is 1.25 bits per heavy atom. The van der Waals surface area contributed by atoms with Crippen LogP contribution in [0.2, 0.25) is 0 Å². The molecule has 2 N–H and O–H groups in total. The summed E-state index contributed by atoms with van der Waals surface area (Å²) >= 11 is 0. The van der Waals surface area contributed by atoms with Crippen LogP contribution in [0, 0.1) is 5.41 Å². The molecule has 0 bridgehead atoms. The van der Waals surface area contributed by atoms with Gasteiger partial charge in [0.05, 0.1) is 0 Å². The highest BCUT2D eigenvalue weighted by atomic mass is 16.6. The largest absolute Gasteiger partial charge is 0.444 e. The second kappa shape index (κ2) is 5.81. The van der Waals surface area contributed by atoms with Gasteiger partial charge in [0, 0.05) is 26.2 Å². The zero-order chi connectivity index (χ0) is 13.8. The number of ether oxygens (including phenoxy) is 1. The van der Waals surface area contributed by atoms with Gasteiger partial charge >= 0.3 is 6.09 Å². The van der Waals surface area contributed by atoms with Gasteiger partial charge in [0.25, 0.3) is 0 Å². The molecule has 0 saturated carbocycles. The summed E-state index contributed by atoms with van der Waals surface area (Å²) in [4.78, 5) is 11.7. The van der Waals surface area contributed by atoms with Gasteiger partial charge in [0.1, 0.15) is 6.61 Å². The van der Waals surface area contributed by atoms with Crippen molar-refractivity contribution in [2.45, 2.75) is 19.4 Å². The number of nitrogens with one attached hydrogen (secondary N) is 2. The van der Waals surface area contributed by atoms with E-state index in [9.17, 15) is 4.79 Å². The topological polar surface area (TPSA) is 53.6 Å². The van der Waals surface area contributed by atoms with Crippen molar-refractivity contribution >= 4 is 6.09 Å². The zero-order valence-corrected chi connectivity index (χ0v) is 11.6. The molecular weight excluding hydrogens is 254 g/mol. The Morgan fingerprint density at radius 3 is 2.55 bits per heavy atom. The summed E-state index contributed by atoms with van der Waals surface area (Å²) in [5, 5.41) is 5.30. The van der Waals surface area contributed by atoms with Crippen LogP contribution in [0.4, 0.5) is 4.79 Å². The number of hydrogen-bond acceptors (Lipinski definition) is 4. The molecular formula is C15H21N3O2. The second-order valence-electron chi connectivity index (χ2n) is 5.76. The summed E-state index contributed by atoms with van der Waals surface area (Å²) in [5.74, 6) is 0. The van der Waals surface area contributed by atoms with Gasteiger partial charge in [-0.1, -0.05) is 30.3 Å². The number of benzene rings is 1. The maximum atomic E-state index is 11.7. The summed E-state index contributed by atoms with van der Waals surface area (Å²) in [6, 6.07) is 9.71. The van der Waals surface area contributed by atoms with Gasteiger partial charge in [-0.3, -0.25) is 5.43 Å².